The van der Waals surface area contributed by atoms with Crippen molar-refractivity contribution in [2.45, 2.75) is 51.0 Å². The molecule has 2 aliphatic rings. The normalized spacial score (nSPS) is 18.5. The Bertz CT molecular complexity index is 983. The molecule has 152 valence electrons. The van der Waals surface area contributed by atoms with Gasteiger partial charge >= 0.3 is 0 Å². The van der Waals surface area contributed by atoms with E-state index in [4.69, 9.17) is 4.42 Å². The van der Waals surface area contributed by atoms with Crippen molar-refractivity contribution < 1.29 is 9.21 Å². The van der Waals surface area contributed by atoms with Gasteiger partial charge in [-0.2, -0.15) is 0 Å². The predicted octanol–water partition coefficient (Wildman–Crippen LogP) is 4.60. The summed E-state index contributed by atoms with van der Waals surface area (Å²) in [6.07, 6.45) is 10.1. The number of hydrogen-bond acceptors (Lipinski definition) is 3. The number of aromatic amines is 1. The van der Waals surface area contributed by atoms with Crippen molar-refractivity contribution in [3.8, 4) is 0 Å². The molecule has 3 heterocycles. The lowest BCUT2D eigenvalue weighted by Gasteiger charge is -2.33. The molecule has 1 aliphatic carbocycles. The van der Waals surface area contributed by atoms with Crippen LogP contribution in [0.3, 0.4) is 0 Å². The molecule has 1 unspecified atom stereocenters. The second-order valence-corrected chi connectivity index (χ2v) is 8.36. The Hall–Kier alpha value is -2.53. The van der Waals surface area contributed by atoms with Crippen molar-refractivity contribution in [1.29, 1.82) is 0 Å². The van der Waals surface area contributed by atoms with Crippen molar-refractivity contribution in [2.24, 2.45) is 0 Å². The average Bonchev–Trinajstić information content (AvgIpc) is 3.42. The Morgan fingerprint density at radius 2 is 1.93 bits per heavy atom. The van der Waals surface area contributed by atoms with Crippen LogP contribution < -0.4 is 5.32 Å². The summed E-state index contributed by atoms with van der Waals surface area (Å²) in [6.45, 7) is 2.67. The second-order valence-electron chi connectivity index (χ2n) is 8.36. The summed E-state index contributed by atoms with van der Waals surface area (Å²) in [7, 11) is 0. The number of nitrogens with zero attached hydrogens (tertiary/aromatic N) is 1. The van der Waals surface area contributed by atoms with Crippen molar-refractivity contribution in [3.63, 3.8) is 0 Å². The van der Waals surface area contributed by atoms with Gasteiger partial charge in [0.1, 0.15) is 5.76 Å². The third-order valence-corrected chi connectivity index (χ3v) is 6.54. The van der Waals surface area contributed by atoms with Gasteiger partial charge in [-0.3, -0.25) is 9.69 Å². The minimum absolute atomic E-state index is 0.0113. The first-order chi connectivity index (χ1) is 14.3. The van der Waals surface area contributed by atoms with Gasteiger partial charge in [-0.05, 0) is 75.4 Å². The second kappa shape index (κ2) is 8.07. The molecular formula is C24H29N3O2. The molecule has 3 aromatic rings. The van der Waals surface area contributed by atoms with Gasteiger partial charge in [-0.1, -0.05) is 18.6 Å². The predicted molar refractivity (Wildman–Crippen MR) is 114 cm³/mol. The molecule has 2 N–H and O–H groups in total. The number of fused-ring (bicyclic) bond motifs is 3. The molecule has 0 spiro atoms. The molecule has 5 heteroatoms. The SMILES string of the molecule is O=C(NCC(c1ccco1)N1CCCCC1)c1cccc2c3c([nH]c12)CCCC3. The van der Waals surface area contributed by atoms with Crippen molar-refractivity contribution in [3.05, 3.63) is 59.2 Å². The van der Waals surface area contributed by atoms with Gasteiger partial charge in [-0.25, -0.2) is 0 Å². The molecule has 0 saturated carbocycles. The Labute approximate surface area is 171 Å². The lowest BCUT2D eigenvalue weighted by molar-refractivity contribution is 0.0915. The van der Waals surface area contributed by atoms with Crippen molar-refractivity contribution in [2.75, 3.05) is 19.6 Å². The van der Waals surface area contributed by atoms with E-state index in [0.717, 1.165) is 42.8 Å². The number of carbonyl (C=O) groups is 1. The van der Waals surface area contributed by atoms with Crippen LogP contribution in [0, 0.1) is 0 Å². The molecule has 5 rings (SSSR count). The highest BCUT2D eigenvalue weighted by Gasteiger charge is 2.26. The lowest BCUT2D eigenvalue weighted by Crippen LogP contribution is -2.40. The van der Waals surface area contributed by atoms with E-state index < -0.39 is 0 Å². The molecule has 29 heavy (non-hydrogen) atoms. The Balaban J connectivity index is 1.37. The number of hydrogen-bond donors (Lipinski definition) is 2. The molecule has 1 saturated heterocycles. The lowest BCUT2D eigenvalue weighted by atomic mass is 9.95. The molecule has 1 amide bonds. The number of nitrogens with one attached hydrogen (secondary N) is 2. The molecule has 2 aromatic heterocycles. The van der Waals surface area contributed by atoms with Gasteiger partial charge in [0.15, 0.2) is 0 Å². The zero-order valence-electron chi connectivity index (χ0n) is 16.9. The van der Waals surface area contributed by atoms with Crippen LogP contribution in [0.2, 0.25) is 0 Å². The number of para-hydroxylation sites is 1. The van der Waals surface area contributed by atoms with E-state index in [0.29, 0.717) is 6.54 Å². The molecule has 0 radical (unpaired) electrons. The summed E-state index contributed by atoms with van der Waals surface area (Å²) in [6, 6.07) is 10.1. The quantitative estimate of drug-likeness (QED) is 0.668. The molecule has 1 aliphatic heterocycles. The Morgan fingerprint density at radius 3 is 2.76 bits per heavy atom. The summed E-state index contributed by atoms with van der Waals surface area (Å²) >= 11 is 0. The van der Waals surface area contributed by atoms with E-state index in [2.05, 4.69) is 21.3 Å². The summed E-state index contributed by atoms with van der Waals surface area (Å²) < 4.78 is 5.71. The van der Waals surface area contributed by atoms with Crippen LogP contribution in [-0.2, 0) is 12.8 Å². The van der Waals surface area contributed by atoms with Gasteiger partial charge < -0.3 is 14.7 Å². The van der Waals surface area contributed by atoms with E-state index in [1.54, 1.807) is 6.26 Å². The summed E-state index contributed by atoms with van der Waals surface area (Å²) in [5, 5.41) is 4.41. The monoisotopic (exact) mass is 391 g/mol. The van der Waals surface area contributed by atoms with E-state index in [1.807, 2.05) is 24.3 Å². The van der Waals surface area contributed by atoms with E-state index in [-0.39, 0.29) is 11.9 Å². The largest absolute Gasteiger partial charge is 0.468 e. The van der Waals surface area contributed by atoms with Crippen LogP contribution in [0.5, 0.6) is 0 Å². The van der Waals surface area contributed by atoms with Crippen LogP contribution in [-0.4, -0.2) is 35.4 Å². The smallest absolute Gasteiger partial charge is 0.253 e. The third kappa shape index (κ3) is 3.60. The van der Waals surface area contributed by atoms with E-state index in [9.17, 15) is 4.79 Å². The minimum Gasteiger partial charge on any atom is -0.468 e. The standard InChI is InChI=1S/C24H29N3O2/c28-24(19-10-6-9-18-17-8-2-3-11-20(17)26-23(18)19)25-16-21(22-12-7-15-29-22)27-13-4-1-5-14-27/h6-7,9-10,12,15,21,26H,1-5,8,11,13-14,16H2,(H,25,28). The first-order valence-electron chi connectivity index (χ1n) is 11.0. The number of furan rings is 1. The number of aryl methyl sites for hydroxylation is 2. The van der Waals surface area contributed by atoms with Gasteiger partial charge in [0, 0.05) is 17.6 Å². The number of carbonyl (C=O) groups excluding carboxylic acids is 1. The Kier molecular flexibility index (Phi) is 5.15. The van der Waals surface area contributed by atoms with Gasteiger partial charge in [-0.15, -0.1) is 0 Å². The van der Waals surface area contributed by atoms with Crippen LogP contribution in [0.1, 0.15) is 65.5 Å². The summed E-state index contributed by atoms with van der Waals surface area (Å²) in [5.74, 6) is 0.920. The topological polar surface area (TPSA) is 61.3 Å². The number of aromatic nitrogens is 1. The van der Waals surface area contributed by atoms with Gasteiger partial charge in [0.2, 0.25) is 0 Å². The van der Waals surface area contributed by atoms with E-state index >= 15 is 0 Å². The fraction of sp³-hybridized carbons (Fsp3) is 0.458. The third-order valence-electron chi connectivity index (χ3n) is 6.54. The molecule has 5 nitrogen and oxygen atoms in total. The maximum atomic E-state index is 13.1. The number of H-pyrrole nitrogens is 1. The van der Waals surface area contributed by atoms with E-state index in [1.165, 1.54) is 48.7 Å². The summed E-state index contributed by atoms with van der Waals surface area (Å²) in [5.41, 5.74) is 4.45. The molecule has 0 bridgehead atoms. The zero-order chi connectivity index (χ0) is 19.6. The van der Waals surface area contributed by atoms with Crippen molar-refractivity contribution >= 4 is 16.8 Å². The number of benzene rings is 1. The molecular weight excluding hydrogens is 362 g/mol. The highest BCUT2D eigenvalue weighted by Crippen LogP contribution is 2.31. The summed E-state index contributed by atoms with van der Waals surface area (Å²) in [4.78, 5) is 19.1. The zero-order valence-corrected chi connectivity index (χ0v) is 16.9. The number of rotatable bonds is 5. The average molecular weight is 392 g/mol. The highest BCUT2D eigenvalue weighted by atomic mass is 16.3. The molecule has 1 atom stereocenters. The number of piperidine rings is 1. The fourth-order valence-corrected chi connectivity index (χ4v) is 5.02. The van der Waals surface area contributed by atoms with Crippen LogP contribution in [0.25, 0.3) is 10.9 Å². The van der Waals surface area contributed by atoms with Crippen LogP contribution in [0.4, 0.5) is 0 Å². The maximum Gasteiger partial charge on any atom is 0.253 e. The van der Waals surface area contributed by atoms with Crippen LogP contribution >= 0.6 is 0 Å². The maximum absolute atomic E-state index is 13.1. The highest BCUT2D eigenvalue weighted by molar-refractivity contribution is 6.06. The Morgan fingerprint density at radius 1 is 1.07 bits per heavy atom. The van der Waals surface area contributed by atoms with Crippen LogP contribution in [0.15, 0.2) is 41.0 Å². The molecule has 1 fully saturated rings. The number of likely N-dealkylation sites (tertiary alicyclic amines) is 1. The first kappa shape index (κ1) is 18.5. The molecule has 1 aromatic carbocycles. The number of amides is 1. The van der Waals surface area contributed by atoms with Crippen molar-refractivity contribution in [1.82, 2.24) is 15.2 Å². The van der Waals surface area contributed by atoms with Gasteiger partial charge in [0.05, 0.1) is 23.4 Å². The minimum atomic E-state index is -0.0113. The van der Waals surface area contributed by atoms with Gasteiger partial charge in [0.25, 0.3) is 5.91 Å². The first-order valence-corrected chi connectivity index (χ1v) is 11.0. The fourth-order valence-electron chi connectivity index (χ4n) is 5.02.